The van der Waals surface area contributed by atoms with Gasteiger partial charge in [-0.1, -0.05) is 25.1 Å². The molecule has 2 aromatic rings. The van der Waals surface area contributed by atoms with Crippen LogP contribution in [-0.2, 0) is 4.74 Å². The van der Waals surface area contributed by atoms with Gasteiger partial charge in [-0.05, 0) is 44.2 Å². The molecule has 1 aliphatic rings. The number of hydrogen-bond donors (Lipinski definition) is 1. The molecule has 3 rings (SSSR count). The minimum absolute atomic E-state index is 0.386. The highest BCUT2D eigenvalue weighted by atomic mass is 16.5. The van der Waals surface area contributed by atoms with E-state index in [2.05, 4.69) is 24.4 Å². The molecular weight excluding hydrogens is 262 g/mol. The first-order valence-electron chi connectivity index (χ1n) is 8.15. The molecule has 1 atom stereocenters. The zero-order valence-corrected chi connectivity index (χ0v) is 12.8. The van der Waals surface area contributed by atoms with Gasteiger partial charge in [-0.15, -0.1) is 0 Å². The Bertz CT molecular complexity index is 557. The van der Waals surface area contributed by atoms with E-state index < -0.39 is 0 Å². The van der Waals surface area contributed by atoms with E-state index in [1.165, 1.54) is 30.2 Å². The third kappa shape index (κ3) is 3.47. The van der Waals surface area contributed by atoms with Gasteiger partial charge in [0.15, 0.2) is 0 Å². The van der Waals surface area contributed by atoms with Crippen molar-refractivity contribution in [1.82, 2.24) is 5.32 Å². The Hall–Kier alpha value is -1.32. The molecule has 1 unspecified atom stereocenters. The molecule has 0 spiro atoms. The second kappa shape index (κ2) is 7.10. The van der Waals surface area contributed by atoms with E-state index in [1.807, 2.05) is 18.4 Å². The molecule has 2 heterocycles. The number of fused-ring (bicyclic) bond motifs is 1. The van der Waals surface area contributed by atoms with E-state index in [9.17, 15) is 0 Å². The van der Waals surface area contributed by atoms with Crippen LogP contribution in [0.15, 0.2) is 34.9 Å². The number of furan rings is 1. The fraction of sp³-hybridized carbons (Fsp3) is 0.556. The average molecular weight is 287 g/mol. The van der Waals surface area contributed by atoms with Crippen LogP contribution in [-0.4, -0.2) is 19.8 Å². The number of para-hydroxylation sites is 1. The van der Waals surface area contributed by atoms with Gasteiger partial charge in [0.25, 0.3) is 0 Å². The summed E-state index contributed by atoms with van der Waals surface area (Å²) in [6, 6.07) is 8.72. The topological polar surface area (TPSA) is 34.4 Å². The summed E-state index contributed by atoms with van der Waals surface area (Å²) < 4.78 is 11.2. The monoisotopic (exact) mass is 287 g/mol. The minimum atomic E-state index is 0.386. The Morgan fingerprint density at radius 2 is 2.05 bits per heavy atom. The van der Waals surface area contributed by atoms with Gasteiger partial charge in [-0.3, -0.25) is 0 Å². The lowest BCUT2D eigenvalue weighted by atomic mass is 9.89. The fourth-order valence-electron chi connectivity index (χ4n) is 3.22. The van der Waals surface area contributed by atoms with Gasteiger partial charge < -0.3 is 14.5 Å². The zero-order valence-electron chi connectivity index (χ0n) is 12.8. The largest absolute Gasteiger partial charge is 0.464 e. The number of hydrogen-bond acceptors (Lipinski definition) is 3. The van der Waals surface area contributed by atoms with Crippen molar-refractivity contribution in [2.45, 2.75) is 38.6 Å². The van der Waals surface area contributed by atoms with Gasteiger partial charge in [-0.25, -0.2) is 0 Å². The summed E-state index contributed by atoms with van der Waals surface area (Å²) in [5, 5.41) is 4.96. The van der Waals surface area contributed by atoms with E-state index in [4.69, 9.17) is 9.15 Å². The molecule has 0 saturated carbocycles. The molecule has 1 aromatic heterocycles. The molecule has 1 aliphatic heterocycles. The van der Waals surface area contributed by atoms with Crippen LogP contribution < -0.4 is 5.32 Å². The highest BCUT2D eigenvalue weighted by Gasteiger charge is 2.22. The molecule has 114 valence electrons. The van der Waals surface area contributed by atoms with Crippen molar-refractivity contribution in [3.63, 3.8) is 0 Å². The minimum Gasteiger partial charge on any atom is -0.464 e. The van der Waals surface area contributed by atoms with Crippen molar-refractivity contribution in [2.75, 3.05) is 19.8 Å². The zero-order chi connectivity index (χ0) is 14.5. The van der Waals surface area contributed by atoms with Crippen LogP contribution >= 0.6 is 0 Å². The maximum Gasteiger partial charge on any atom is 0.134 e. The van der Waals surface area contributed by atoms with Crippen LogP contribution in [0.3, 0.4) is 0 Å². The van der Waals surface area contributed by atoms with Crippen LogP contribution in [0.4, 0.5) is 0 Å². The van der Waals surface area contributed by atoms with Crippen LogP contribution in [0.1, 0.15) is 44.2 Å². The predicted octanol–water partition coefficient (Wildman–Crippen LogP) is 4.29. The van der Waals surface area contributed by atoms with Gasteiger partial charge in [0.2, 0.25) is 0 Å². The second-order valence-electron chi connectivity index (χ2n) is 5.99. The van der Waals surface area contributed by atoms with Crippen molar-refractivity contribution in [3.05, 3.63) is 36.1 Å². The Morgan fingerprint density at radius 3 is 2.86 bits per heavy atom. The molecule has 21 heavy (non-hydrogen) atoms. The lowest BCUT2D eigenvalue weighted by Crippen LogP contribution is -2.26. The predicted molar refractivity (Wildman–Crippen MR) is 85.4 cm³/mol. The number of nitrogens with one attached hydrogen (secondary N) is 1. The molecule has 1 fully saturated rings. The third-order valence-electron chi connectivity index (χ3n) is 4.44. The molecular formula is C18H25NO2. The van der Waals surface area contributed by atoms with Crippen molar-refractivity contribution < 1.29 is 9.15 Å². The van der Waals surface area contributed by atoms with Gasteiger partial charge in [0.1, 0.15) is 5.58 Å². The summed E-state index contributed by atoms with van der Waals surface area (Å²) in [5.41, 5.74) is 2.30. The summed E-state index contributed by atoms with van der Waals surface area (Å²) in [4.78, 5) is 0. The Balaban J connectivity index is 1.80. The maximum atomic E-state index is 5.73. The molecule has 1 N–H and O–H groups in total. The van der Waals surface area contributed by atoms with E-state index in [-0.39, 0.29) is 0 Å². The number of ether oxygens (including phenoxy) is 1. The van der Waals surface area contributed by atoms with Crippen molar-refractivity contribution in [2.24, 2.45) is 5.92 Å². The van der Waals surface area contributed by atoms with Crippen LogP contribution in [0.2, 0.25) is 0 Å². The average Bonchev–Trinajstić information content (AvgIpc) is 2.96. The molecule has 0 aliphatic carbocycles. The van der Waals surface area contributed by atoms with E-state index in [1.54, 1.807) is 0 Å². The Kier molecular flexibility index (Phi) is 4.94. The summed E-state index contributed by atoms with van der Waals surface area (Å²) in [7, 11) is 0. The molecule has 0 amide bonds. The normalized spacial score (nSPS) is 18.1. The standard InChI is InChI=1S/C18H25NO2/c1-2-9-19-17(12-14-7-10-20-11-8-14)16-13-21-18-6-4-3-5-15(16)18/h3-6,13-14,17,19H,2,7-12H2,1H3. The van der Waals surface area contributed by atoms with E-state index >= 15 is 0 Å². The second-order valence-corrected chi connectivity index (χ2v) is 5.99. The third-order valence-corrected chi connectivity index (χ3v) is 4.44. The van der Waals surface area contributed by atoms with Gasteiger partial charge in [0, 0.05) is 30.2 Å². The molecule has 0 bridgehead atoms. The molecule has 1 saturated heterocycles. The van der Waals surface area contributed by atoms with Gasteiger partial charge >= 0.3 is 0 Å². The lowest BCUT2D eigenvalue weighted by molar-refractivity contribution is 0.0605. The smallest absolute Gasteiger partial charge is 0.134 e. The summed E-state index contributed by atoms with van der Waals surface area (Å²) in [6.07, 6.45) is 6.63. The van der Waals surface area contributed by atoms with Gasteiger partial charge in [-0.2, -0.15) is 0 Å². The lowest BCUT2D eigenvalue weighted by Gasteiger charge is -2.27. The molecule has 3 heteroatoms. The van der Waals surface area contributed by atoms with Crippen molar-refractivity contribution in [3.8, 4) is 0 Å². The highest BCUT2D eigenvalue weighted by molar-refractivity contribution is 5.81. The van der Waals surface area contributed by atoms with E-state index in [0.29, 0.717) is 6.04 Å². The first-order valence-corrected chi connectivity index (χ1v) is 8.15. The fourth-order valence-corrected chi connectivity index (χ4v) is 3.22. The summed E-state index contributed by atoms with van der Waals surface area (Å²) in [6.45, 7) is 5.09. The van der Waals surface area contributed by atoms with Gasteiger partial charge in [0.05, 0.1) is 6.26 Å². The first kappa shape index (κ1) is 14.6. The SMILES string of the molecule is CCCNC(CC1CCOCC1)c1coc2ccccc12. The van der Waals surface area contributed by atoms with Crippen LogP contribution in [0.25, 0.3) is 11.0 Å². The summed E-state index contributed by atoms with van der Waals surface area (Å²) in [5.74, 6) is 0.752. The number of rotatable bonds is 6. The molecule has 0 radical (unpaired) electrons. The Labute approximate surface area is 126 Å². The molecule has 3 nitrogen and oxygen atoms in total. The van der Waals surface area contributed by atoms with Crippen molar-refractivity contribution >= 4 is 11.0 Å². The maximum absolute atomic E-state index is 5.73. The van der Waals surface area contributed by atoms with Crippen molar-refractivity contribution in [1.29, 1.82) is 0 Å². The van der Waals surface area contributed by atoms with E-state index in [0.717, 1.165) is 37.7 Å². The van der Waals surface area contributed by atoms with Crippen LogP contribution in [0.5, 0.6) is 0 Å². The number of benzene rings is 1. The first-order chi connectivity index (χ1) is 10.4. The Morgan fingerprint density at radius 1 is 1.24 bits per heavy atom. The quantitative estimate of drug-likeness (QED) is 0.860. The highest BCUT2D eigenvalue weighted by Crippen LogP contribution is 2.32. The summed E-state index contributed by atoms with van der Waals surface area (Å²) >= 11 is 0. The van der Waals surface area contributed by atoms with Crippen LogP contribution in [0, 0.1) is 5.92 Å². The molecule has 1 aromatic carbocycles.